The van der Waals surface area contributed by atoms with Gasteiger partial charge in [0.25, 0.3) is 11.8 Å². The first-order valence-electron chi connectivity index (χ1n) is 7.25. The van der Waals surface area contributed by atoms with Crippen molar-refractivity contribution in [2.24, 2.45) is 0 Å². The number of nitrogens with one attached hydrogen (secondary N) is 2. The van der Waals surface area contributed by atoms with Gasteiger partial charge < -0.3 is 9.26 Å². The first kappa shape index (κ1) is 17.8. The molecule has 0 saturated heterocycles. The monoisotopic (exact) mass is 351 g/mol. The van der Waals surface area contributed by atoms with Gasteiger partial charge in [0.05, 0.1) is 18.4 Å². The first-order valence-corrected chi connectivity index (χ1v) is 7.63. The third kappa shape index (κ3) is 3.68. The number of hydrogen-bond acceptors (Lipinski definition) is 5. The number of hydrazine groups is 1. The Hall–Kier alpha value is -2.54. The number of halogens is 1. The molecule has 1 heterocycles. The molecule has 0 aliphatic heterocycles. The van der Waals surface area contributed by atoms with Gasteiger partial charge >= 0.3 is 0 Å². The second kappa shape index (κ2) is 7.35. The molecule has 0 atom stereocenters. The average molecular weight is 352 g/mol. The lowest BCUT2D eigenvalue weighted by Gasteiger charge is -2.11. The zero-order chi connectivity index (χ0) is 17.9. The minimum absolute atomic E-state index is 0.0179. The zero-order valence-electron chi connectivity index (χ0n) is 13.8. The van der Waals surface area contributed by atoms with E-state index in [4.69, 9.17) is 20.9 Å². The Morgan fingerprint density at radius 3 is 2.54 bits per heavy atom. The van der Waals surface area contributed by atoms with Crippen LogP contribution in [0.1, 0.15) is 51.9 Å². The summed E-state index contributed by atoms with van der Waals surface area (Å²) in [6, 6.07) is 4.62. The molecule has 8 heteroatoms. The molecule has 0 bridgehead atoms. The summed E-state index contributed by atoms with van der Waals surface area (Å²) < 4.78 is 10.3. The van der Waals surface area contributed by atoms with E-state index >= 15 is 0 Å². The standard InChI is InChI=1S/C16H18ClN3O4/c1-8(2)14-13(9(3)20-24-14)16(22)19-18-15(21)11-7-10(17)5-6-12(11)23-4/h5-8H,1-4H3,(H,18,21)(H,19,22). The Morgan fingerprint density at radius 1 is 1.25 bits per heavy atom. The molecule has 2 amide bonds. The van der Waals surface area contributed by atoms with E-state index in [0.717, 1.165) is 0 Å². The largest absolute Gasteiger partial charge is 0.496 e. The van der Waals surface area contributed by atoms with Crippen molar-refractivity contribution >= 4 is 23.4 Å². The highest BCUT2D eigenvalue weighted by molar-refractivity contribution is 6.31. The maximum atomic E-state index is 12.3. The van der Waals surface area contributed by atoms with E-state index in [2.05, 4.69) is 16.0 Å². The number of carbonyl (C=O) groups excluding carboxylic acids is 2. The van der Waals surface area contributed by atoms with Crippen LogP contribution in [0.2, 0.25) is 5.02 Å². The van der Waals surface area contributed by atoms with E-state index in [1.807, 2.05) is 13.8 Å². The number of aromatic nitrogens is 1. The average Bonchev–Trinajstić information content (AvgIpc) is 2.94. The summed E-state index contributed by atoms with van der Waals surface area (Å²) in [5, 5.41) is 4.18. The Kier molecular flexibility index (Phi) is 5.46. The van der Waals surface area contributed by atoms with Crippen molar-refractivity contribution in [1.82, 2.24) is 16.0 Å². The van der Waals surface area contributed by atoms with E-state index in [9.17, 15) is 9.59 Å². The van der Waals surface area contributed by atoms with Gasteiger partial charge in [-0.1, -0.05) is 30.6 Å². The van der Waals surface area contributed by atoms with Gasteiger partial charge in [-0.3, -0.25) is 20.4 Å². The van der Waals surface area contributed by atoms with Gasteiger partial charge in [-0.25, -0.2) is 0 Å². The van der Waals surface area contributed by atoms with E-state index in [-0.39, 0.29) is 11.5 Å². The first-order chi connectivity index (χ1) is 11.3. The second-order valence-electron chi connectivity index (χ2n) is 5.41. The third-order valence-electron chi connectivity index (χ3n) is 3.34. The summed E-state index contributed by atoms with van der Waals surface area (Å²) in [7, 11) is 1.44. The van der Waals surface area contributed by atoms with Gasteiger partial charge in [-0.2, -0.15) is 0 Å². The molecule has 1 aromatic heterocycles. The van der Waals surface area contributed by atoms with Crippen LogP contribution in [0.15, 0.2) is 22.7 Å². The maximum Gasteiger partial charge on any atom is 0.275 e. The maximum absolute atomic E-state index is 12.3. The fourth-order valence-corrected chi connectivity index (χ4v) is 2.33. The summed E-state index contributed by atoms with van der Waals surface area (Å²) >= 11 is 5.89. The quantitative estimate of drug-likeness (QED) is 0.826. The van der Waals surface area contributed by atoms with Crippen molar-refractivity contribution in [1.29, 1.82) is 0 Å². The summed E-state index contributed by atoms with van der Waals surface area (Å²) in [5.41, 5.74) is 5.65. The lowest BCUT2D eigenvalue weighted by atomic mass is 10.0. The number of hydrogen-bond donors (Lipinski definition) is 2. The Bertz CT molecular complexity index is 771. The van der Waals surface area contributed by atoms with E-state index < -0.39 is 11.8 Å². The number of aryl methyl sites for hydroxylation is 1. The van der Waals surface area contributed by atoms with Crippen LogP contribution in [-0.2, 0) is 0 Å². The van der Waals surface area contributed by atoms with Crippen LogP contribution in [-0.4, -0.2) is 24.1 Å². The molecule has 2 aromatic rings. The molecule has 0 unspecified atom stereocenters. The number of ether oxygens (including phenoxy) is 1. The molecule has 2 N–H and O–H groups in total. The summed E-state index contributed by atoms with van der Waals surface area (Å²) in [6.07, 6.45) is 0. The van der Waals surface area contributed by atoms with Crippen LogP contribution in [0.4, 0.5) is 0 Å². The molecule has 0 saturated carbocycles. The van der Waals surface area contributed by atoms with Crippen LogP contribution in [0.25, 0.3) is 0 Å². The van der Waals surface area contributed by atoms with E-state index in [1.165, 1.54) is 13.2 Å². The SMILES string of the molecule is COc1ccc(Cl)cc1C(=O)NNC(=O)c1c(C)noc1C(C)C. The molecule has 2 rings (SSSR count). The third-order valence-corrected chi connectivity index (χ3v) is 3.57. The Labute approximate surface area is 144 Å². The van der Waals surface area contributed by atoms with Gasteiger partial charge in [0.15, 0.2) is 5.76 Å². The highest BCUT2D eigenvalue weighted by Gasteiger charge is 2.23. The second-order valence-corrected chi connectivity index (χ2v) is 5.85. The minimum atomic E-state index is -0.553. The normalized spacial score (nSPS) is 10.6. The van der Waals surface area contributed by atoms with Gasteiger partial charge in [0, 0.05) is 10.9 Å². The number of nitrogens with zero attached hydrogens (tertiary/aromatic N) is 1. The number of methoxy groups -OCH3 is 1. The molecule has 128 valence electrons. The van der Waals surface area contributed by atoms with Gasteiger partial charge in [-0.05, 0) is 25.1 Å². The number of carbonyl (C=O) groups is 2. The molecule has 0 aliphatic carbocycles. The summed E-state index contributed by atoms with van der Waals surface area (Å²) in [4.78, 5) is 24.6. The van der Waals surface area contributed by atoms with Gasteiger partial charge in [0.1, 0.15) is 11.3 Å². The van der Waals surface area contributed by atoms with Gasteiger partial charge in [-0.15, -0.1) is 0 Å². The van der Waals surface area contributed by atoms with Crippen LogP contribution in [0, 0.1) is 6.92 Å². The number of benzene rings is 1. The number of amides is 2. The van der Waals surface area contributed by atoms with Crippen molar-refractivity contribution in [3.63, 3.8) is 0 Å². The van der Waals surface area contributed by atoms with Gasteiger partial charge in [0.2, 0.25) is 0 Å². The van der Waals surface area contributed by atoms with Crippen LogP contribution in [0.5, 0.6) is 5.75 Å². The minimum Gasteiger partial charge on any atom is -0.496 e. The molecule has 1 aromatic carbocycles. The van der Waals surface area contributed by atoms with Crippen molar-refractivity contribution in [3.8, 4) is 5.75 Å². The molecular weight excluding hydrogens is 334 g/mol. The lowest BCUT2D eigenvalue weighted by molar-refractivity contribution is 0.0843. The fourth-order valence-electron chi connectivity index (χ4n) is 2.16. The highest BCUT2D eigenvalue weighted by atomic mass is 35.5. The van der Waals surface area contributed by atoms with E-state index in [1.54, 1.807) is 19.1 Å². The molecule has 0 fully saturated rings. The number of rotatable bonds is 4. The molecule has 0 spiro atoms. The van der Waals surface area contributed by atoms with Crippen LogP contribution < -0.4 is 15.6 Å². The van der Waals surface area contributed by atoms with E-state index in [0.29, 0.717) is 27.8 Å². The molecular formula is C16H18ClN3O4. The predicted octanol–water partition coefficient (Wildman–Crippen LogP) is 2.84. The van der Waals surface area contributed by atoms with Crippen LogP contribution in [0.3, 0.4) is 0 Å². The Balaban J connectivity index is 2.14. The van der Waals surface area contributed by atoms with Crippen molar-refractivity contribution in [2.75, 3.05) is 7.11 Å². The smallest absolute Gasteiger partial charge is 0.275 e. The van der Waals surface area contributed by atoms with Crippen molar-refractivity contribution in [3.05, 3.63) is 45.8 Å². The Morgan fingerprint density at radius 2 is 1.92 bits per heavy atom. The topological polar surface area (TPSA) is 93.5 Å². The molecule has 0 aliphatic rings. The van der Waals surface area contributed by atoms with Crippen molar-refractivity contribution < 1.29 is 18.8 Å². The highest BCUT2D eigenvalue weighted by Crippen LogP contribution is 2.23. The summed E-state index contributed by atoms with van der Waals surface area (Å²) in [6.45, 7) is 5.42. The van der Waals surface area contributed by atoms with Crippen molar-refractivity contribution in [2.45, 2.75) is 26.7 Å². The lowest BCUT2D eigenvalue weighted by Crippen LogP contribution is -2.42. The predicted molar refractivity (Wildman–Crippen MR) is 88.3 cm³/mol. The van der Waals surface area contributed by atoms with Crippen LogP contribution >= 0.6 is 11.6 Å². The molecule has 7 nitrogen and oxygen atoms in total. The zero-order valence-corrected chi connectivity index (χ0v) is 14.5. The summed E-state index contributed by atoms with van der Waals surface area (Å²) in [5.74, 6) is -0.278. The molecule has 24 heavy (non-hydrogen) atoms. The molecule has 0 radical (unpaired) electrons. The fraction of sp³-hybridized carbons (Fsp3) is 0.312.